The number of rotatable bonds is 5. The minimum atomic E-state index is -0.0690. The molecule has 1 N–H and O–H groups in total. The molecule has 2 rings (SSSR count). The molecule has 2 heterocycles. The number of nitrogens with zero attached hydrogens (tertiary/aromatic N) is 5. The molecule has 0 atom stereocenters. The molecule has 152 valence electrons. The third-order valence-electron chi connectivity index (χ3n) is 4.16. The second-order valence-electron chi connectivity index (χ2n) is 6.50. The van der Waals surface area contributed by atoms with E-state index in [0.717, 1.165) is 26.2 Å². The van der Waals surface area contributed by atoms with Gasteiger partial charge in [0.1, 0.15) is 6.54 Å². The van der Waals surface area contributed by atoms with Crippen LogP contribution in [0.3, 0.4) is 0 Å². The lowest BCUT2D eigenvalue weighted by Gasteiger charge is -2.37. The molecule has 0 radical (unpaired) electrons. The molecule has 27 heavy (non-hydrogen) atoms. The van der Waals surface area contributed by atoms with Crippen LogP contribution in [0.5, 0.6) is 0 Å². The first kappa shape index (κ1) is 23.5. The van der Waals surface area contributed by atoms with E-state index in [1.807, 2.05) is 0 Å². The van der Waals surface area contributed by atoms with Gasteiger partial charge in [0.2, 0.25) is 11.8 Å². The van der Waals surface area contributed by atoms with Gasteiger partial charge in [-0.1, -0.05) is 0 Å². The van der Waals surface area contributed by atoms with Gasteiger partial charge >= 0.3 is 0 Å². The molecule has 10 heteroatoms. The summed E-state index contributed by atoms with van der Waals surface area (Å²) in [6, 6.07) is 4.18. The zero-order valence-electron chi connectivity index (χ0n) is 16.3. The number of anilines is 1. The van der Waals surface area contributed by atoms with Crippen molar-refractivity contribution < 1.29 is 9.59 Å². The van der Waals surface area contributed by atoms with Crippen molar-refractivity contribution in [2.75, 3.05) is 72.4 Å². The number of halogens is 1. The van der Waals surface area contributed by atoms with Gasteiger partial charge in [0, 0.05) is 54.4 Å². The van der Waals surface area contributed by atoms with E-state index in [4.69, 9.17) is 0 Å². The van der Waals surface area contributed by atoms with Gasteiger partial charge in [-0.3, -0.25) is 9.59 Å². The molecule has 1 aromatic heterocycles. The van der Waals surface area contributed by atoms with Crippen molar-refractivity contribution >= 4 is 58.1 Å². The second-order valence-corrected chi connectivity index (χ2v) is 7.42. The smallest absolute Gasteiger partial charge is 0.243 e. The highest BCUT2D eigenvalue weighted by atomic mass is 127. The summed E-state index contributed by atoms with van der Waals surface area (Å²) in [4.78, 5) is 35.7. The summed E-state index contributed by atoms with van der Waals surface area (Å²) in [5.41, 5.74) is 0. The van der Waals surface area contributed by atoms with Crippen LogP contribution in [0.2, 0.25) is 0 Å². The van der Waals surface area contributed by atoms with Crippen molar-refractivity contribution in [3.05, 3.63) is 17.5 Å². The molecule has 0 unspecified atom stereocenters. The van der Waals surface area contributed by atoms with Crippen LogP contribution in [0.4, 0.5) is 5.00 Å². The normalized spacial score (nSPS) is 14.4. The van der Waals surface area contributed by atoms with Crippen molar-refractivity contribution in [3.63, 3.8) is 0 Å². The van der Waals surface area contributed by atoms with E-state index in [2.05, 4.69) is 37.6 Å². The monoisotopic (exact) mass is 508 g/mol. The minimum absolute atomic E-state index is 0. The fraction of sp³-hybridized carbons (Fsp3) is 0.588. The van der Waals surface area contributed by atoms with E-state index in [9.17, 15) is 9.59 Å². The Hall–Kier alpha value is -1.56. The van der Waals surface area contributed by atoms with Crippen LogP contribution in [0.25, 0.3) is 0 Å². The highest BCUT2D eigenvalue weighted by molar-refractivity contribution is 14.0. The van der Waals surface area contributed by atoms with Crippen LogP contribution in [0, 0.1) is 0 Å². The number of carbonyl (C=O) groups excluding carboxylic acids is 2. The number of piperazine rings is 1. The third kappa shape index (κ3) is 7.17. The first-order chi connectivity index (χ1) is 12.4. The van der Waals surface area contributed by atoms with Crippen molar-refractivity contribution in [3.8, 4) is 0 Å². The molecule has 0 aliphatic carbocycles. The number of aliphatic imine (C=N–C) groups is 1. The van der Waals surface area contributed by atoms with Crippen LogP contribution >= 0.6 is 35.3 Å². The number of guanidine groups is 1. The second kappa shape index (κ2) is 11.3. The maximum atomic E-state index is 11.9. The molecule has 1 saturated heterocycles. The number of nitrogens with one attached hydrogen (secondary N) is 1. The van der Waals surface area contributed by atoms with Crippen molar-refractivity contribution in [2.45, 2.75) is 0 Å². The molecule has 0 bridgehead atoms. The lowest BCUT2D eigenvalue weighted by Crippen LogP contribution is -2.53. The molecule has 2 amide bonds. The lowest BCUT2D eigenvalue weighted by atomic mass is 10.3. The van der Waals surface area contributed by atoms with Gasteiger partial charge in [-0.2, -0.15) is 0 Å². The predicted molar refractivity (Wildman–Crippen MR) is 121 cm³/mol. The third-order valence-corrected chi connectivity index (χ3v) is 5.09. The molecule has 0 saturated carbocycles. The van der Waals surface area contributed by atoms with Crippen LogP contribution < -0.4 is 10.2 Å². The van der Waals surface area contributed by atoms with Gasteiger partial charge in [-0.05, 0) is 17.5 Å². The maximum absolute atomic E-state index is 11.9. The summed E-state index contributed by atoms with van der Waals surface area (Å²) in [7, 11) is 6.85. The van der Waals surface area contributed by atoms with E-state index in [0.29, 0.717) is 5.96 Å². The van der Waals surface area contributed by atoms with Crippen molar-refractivity contribution in [1.29, 1.82) is 0 Å². The van der Waals surface area contributed by atoms with Crippen LogP contribution in [-0.2, 0) is 9.59 Å². The first-order valence-electron chi connectivity index (χ1n) is 8.60. The van der Waals surface area contributed by atoms with Gasteiger partial charge in [0.15, 0.2) is 5.96 Å². The molecule has 0 spiro atoms. The Morgan fingerprint density at radius 1 is 1.11 bits per heavy atom. The van der Waals surface area contributed by atoms with Crippen molar-refractivity contribution in [2.24, 2.45) is 4.99 Å². The van der Waals surface area contributed by atoms with Gasteiger partial charge < -0.3 is 24.9 Å². The van der Waals surface area contributed by atoms with E-state index in [1.54, 1.807) is 39.5 Å². The van der Waals surface area contributed by atoms with Crippen LogP contribution in [0.15, 0.2) is 22.5 Å². The Morgan fingerprint density at radius 2 is 1.74 bits per heavy atom. The molecule has 1 fully saturated rings. The average Bonchev–Trinajstić information content (AvgIpc) is 3.16. The topological polar surface area (TPSA) is 71.5 Å². The summed E-state index contributed by atoms with van der Waals surface area (Å²) < 4.78 is 0. The number of hydrogen-bond donors (Lipinski definition) is 1. The van der Waals surface area contributed by atoms with Crippen LogP contribution in [-0.4, -0.2) is 99.9 Å². The Labute approximate surface area is 182 Å². The van der Waals surface area contributed by atoms with E-state index in [1.165, 1.54) is 14.8 Å². The van der Waals surface area contributed by atoms with Gasteiger partial charge in [-0.15, -0.1) is 35.3 Å². The molecule has 0 aromatic carbocycles. The molecule has 1 aromatic rings. The Kier molecular flexibility index (Phi) is 9.84. The fourth-order valence-corrected chi connectivity index (χ4v) is 3.24. The van der Waals surface area contributed by atoms with Gasteiger partial charge in [0.05, 0.1) is 11.5 Å². The van der Waals surface area contributed by atoms with Gasteiger partial charge in [-0.25, -0.2) is 4.99 Å². The zero-order chi connectivity index (χ0) is 19.1. The summed E-state index contributed by atoms with van der Waals surface area (Å²) in [6.07, 6.45) is 0. The predicted octanol–water partition coefficient (Wildman–Crippen LogP) is 0.610. The Balaban J connectivity index is 0.00000364. The highest BCUT2D eigenvalue weighted by Crippen LogP contribution is 2.22. The van der Waals surface area contributed by atoms with Crippen LogP contribution in [0.1, 0.15) is 0 Å². The summed E-state index contributed by atoms with van der Waals surface area (Å²) in [5, 5.41) is 6.46. The minimum Gasteiger partial charge on any atom is -0.360 e. The standard InChI is InChI=1S/C17H28N6O2S.HI/c1-20(2)14(24)12-18-17(19-13-15(25)21(3)4)23-9-7-22(8-10-23)16-6-5-11-26-16;/h5-6,11H,7-10,12-13H2,1-4H3,(H,18,19);1H. The SMILES string of the molecule is CN(C)C(=O)CN=C(NCC(=O)N(C)C)N1CCN(c2cccs2)CC1.I. The number of thiophene rings is 1. The summed E-state index contributed by atoms with van der Waals surface area (Å²) in [5.74, 6) is 0.510. The van der Waals surface area contributed by atoms with E-state index in [-0.39, 0.29) is 48.9 Å². The lowest BCUT2D eigenvalue weighted by molar-refractivity contribution is -0.127. The van der Waals surface area contributed by atoms with Gasteiger partial charge in [0.25, 0.3) is 0 Å². The molecule has 8 nitrogen and oxygen atoms in total. The Bertz CT molecular complexity index is 627. The number of hydrogen-bond acceptors (Lipinski definition) is 5. The highest BCUT2D eigenvalue weighted by Gasteiger charge is 2.21. The summed E-state index contributed by atoms with van der Waals surface area (Å²) in [6.45, 7) is 3.56. The van der Waals surface area contributed by atoms with E-state index < -0.39 is 0 Å². The Morgan fingerprint density at radius 3 is 2.26 bits per heavy atom. The molecular weight excluding hydrogens is 479 g/mol. The summed E-state index contributed by atoms with van der Waals surface area (Å²) >= 11 is 1.74. The first-order valence-corrected chi connectivity index (χ1v) is 9.48. The maximum Gasteiger partial charge on any atom is 0.243 e. The fourth-order valence-electron chi connectivity index (χ4n) is 2.45. The molecule has 1 aliphatic rings. The largest absolute Gasteiger partial charge is 0.360 e. The van der Waals surface area contributed by atoms with E-state index >= 15 is 0 Å². The number of amides is 2. The number of likely N-dealkylation sites (N-methyl/N-ethyl adjacent to an activating group) is 2. The molecule has 1 aliphatic heterocycles. The number of carbonyl (C=O) groups is 2. The average molecular weight is 508 g/mol. The van der Waals surface area contributed by atoms with Crippen molar-refractivity contribution in [1.82, 2.24) is 20.0 Å². The zero-order valence-corrected chi connectivity index (χ0v) is 19.5. The molecular formula is C17H29IN6O2S. The quantitative estimate of drug-likeness (QED) is 0.359.